The first kappa shape index (κ1) is 16.9. The van der Waals surface area contributed by atoms with E-state index in [1.165, 1.54) is 0 Å². The van der Waals surface area contributed by atoms with Gasteiger partial charge in [0.05, 0.1) is 12.1 Å². The normalized spacial score (nSPS) is 15.7. The maximum absolute atomic E-state index is 11.2. The van der Waals surface area contributed by atoms with Crippen LogP contribution in [0.25, 0.3) is 0 Å². The number of aliphatic carboxylic acids is 1. The van der Waals surface area contributed by atoms with Crippen molar-refractivity contribution in [2.75, 3.05) is 0 Å². The number of hydrogen-bond donors (Lipinski definition) is 1. The van der Waals surface area contributed by atoms with Crippen molar-refractivity contribution in [2.45, 2.75) is 57.8 Å². The van der Waals surface area contributed by atoms with Crippen LogP contribution in [0.5, 0.6) is 0 Å². The summed E-state index contributed by atoms with van der Waals surface area (Å²) in [5.74, 6) is -0.878. The van der Waals surface area contributed by atoms with E-state index in [-0.39, 0.29) is 11.5 Å². The average Bonchev–Trinajstić information content (AvgIpc) is 2.26. The molecule has 0 aliphatic carbocycles. The molecule has 0 aliphatic rings. The summed E-state index contributed by atoms with van der Waals surface area (Å²) in [7, 11) is -2.09. The molecule has 0 saturated carbocycles. The highest BCUT2D eigenvalue weighted by molar-refractivity contribution is 6.74. The first-order chi connectivity index (χ1) is 8.98. The van der Waals surface area contributed by atoms with Crippen molar-refractivity contribution < 1.29 is 14.3 Å². The molecule has 5 heteroatoms. The van der Waals surface area contributed by atoms with E-state index >= 15 is 0 Å². The fraction of sp³-hybridized carbons (Fsp3) is 0.600. The van der Waals surface area contributed by atoms with E-state index in [9.17, 15) is 9.90 Å². The highest BCUT2D eigenvalue weighted by atomic mass is 28.4. The van der Waals surface area contributed by atoms with Gasteiger partial charge in [-0.15, -0.1) is 0 Å². The van der Waals surface area contributed by atoms with Crippen LogP contribution in [0.1, 0.15) is 39.8 Å². The molecule has 0 bridgehead atoms. The summed E-state index contributed by atoms with van der Waals surface area (Å²) in [5, 5.41) is 9.23. The van der Waals surface area contributed by atoms with E-state index in [0.717, 1.165) is 0 Å². The first-order valence-electron chi connectivity index (χ1n) is 6.81. The Morgan fingerprint density at radius 2 is 1.90 bits per heavy atom. The van der Waals surface area contributed by atoms with Crippen LogP contribution < -0.4 is 0 Å². The Labute approximate surface area is 122 Å². The number of aromatic nitrogens is 1. The number of carboxylic acid groups (broad SMARTS) is 1. The molecule has 0 amide bonds. The summed E-state index contributed by atoms with van der Waals surface area (Å²) >= 11 is 0. The minimum Gasteiger partial charge on any atom is -0.481 e. The van der Waals surface area contributed by atoms with Crippen LogP contribution >= 0.6 is 0 Å². The zero-order valence-corrected chi connectivity index (χ0v) is 14.2. The van der Waals surface area contributed by atoms with E-state index < -0.39 is 19.9 Å². The van der Waals surface area contributed by atoms with Crippen LogP contribution in [0.4, 0.5) is 0 Å². The van der Waals surface area contributed by atoms with E-state index in [1.807, 2.05) is 25.1 Å². The summed E-state index contributed by atoms with van der Waals surface area (Å²) in [6.45, 7) is 12.5. The van der Waals surface area contributed by atoms with Crippen LogP contribution in [0.3, 0.4) is 0 Å². The zero-order valence-electron chi connectivity index (χ0n) is 13.2. The monoisotopic (exact) mass is 295 g/mol. The van der Waals surface area contributed by atoms with Crippen molar-refractivity contribution >= 4 is 14.3 Å². The van der Waals surface area contributed by atoms with Gasteiger partial charge in [0.2, 0.25) is 0 Å². The topological polar surface area (TPSA) is 59.4 Å². The molecule has 0 aromatic carbocycles. The van der Waals surface area contributed by atoms with Gasteiger partial charge in [0.15, 0.2) is 8.32 Å². The quantitative estimate of drug-likeness (QED) is 0.840. The molecular formula is C15H25NO3Si. The van der Waals surface area contributed by atoms with Crippen molar-refractivity contribution in [1.29, 1.82) is 0 Å². The lowest BCUT2D eigenvalue weighted by Gasteiger charge is -2.43. The molecule has 1 N–H and O–H groups in total. The van der Waals surface area contributed by atoms with Crippen LogP contribution in [0.15, 0.2) is 24.4 Å². The molecule has 112 valence electrons. The second-order valence-corrected chi connectivity index (χ2v) is 11.6. The van der Waals surface area contributed by atoms with Gasteiger partial charge in [0.25, 0.3) is 0 Å². The van der Waals surface area contributed by atoms with Crippen LogP contribution in [0.2, 0.25) is 18.1 Å². The molecule has 4 nitrogen and oxygen atoms in total. The zero-order chi connectivity index (χ0) is 15.6. The van der Waals surface area contributed by atoms with Crippen molar-refractivity contribution in [3.05, 3.63) is 30.1 Å². The molecular weight excluding hydrogens is 270 g/mol. The fourth-order valence-corrected chi connectivity index (χ4v) is 3.47. The average molecular weight is 295 g/mol. The standard InChI is InChI=1S/C15H25NO3Si/c1-14(2,3)20(5,6)19-15(4,11-13(17)18)12-9-7-8-10-16-12/h7-10H,11H2,1-6H3,(H,17,18). The van der Waals surface area contributed by atoms with Gasteiger partial charge in [-0.3, -0.25) is 9.78 Å². The maximum Gasteiger partial charge on any atom is 0.306 e. The molecule has 0 radical (unpaired) electrons. The van der Waals surface area contributed by atoms with Gasteiger partial charge >= 0.3 is 5.97 Å². The molecule has 1 unspecified atom stereocenters. The van der Waals surface area contributed by atoms with Gasteiger partial charge in [-0.25, -0.2) is 0 Å². The minimum atomic E-state index is -2.09. The SMILES string of the molecule is CC(CC(=O)O)(O[Si](C)(C)C(C)(C)C)c1ccccn1. The Morgan fingerprint density at radius 3 is 2.30 bits per heavy atom. The van der Waals surface area contributed by atoms with Crippen molar-refractivity contribution in [2.24, 2.45) is 0 Å². The summed E-state index contributed by atoms with van der Waals surface area (Å²) in [6, 6.07) is 5.50. The predicted octanol–water partition coefficient (Wildman–Crippen LogP) is 3.79. The number of pyridine rings is 1. The molecule has 1 atom stereocenters. The van der Waals surface area contributed by atoms with Crippen LogP contribution in [0, 0.1) is 0 Å². The predicted molar refractivity (Wildman–Crippen MR) is 82.1 cm³/mol. The molecule has 1 aromatic heterocycles. The third-order valence-electron chi connectivity index (χ3n) is 3.98. The maximum atomic E-state index is 11.2. The van der Waals surface area contributed by atoms with Crippen LogP contribution in [-0.2, 0) is 14.8 Å². The number of hydrogen-bond acceptors (Lipinski definition) is 3. The highest BCUT2D eigenvalue weighted by Crippen LogP contribution is 2.42. The lowest BCUT2D eigenvalue weighted by atomic mass is 9.98. The fourth-order valence-electron chi connectivity index (χ4n) is 1.86. The number of carboxylic acids is 1. The summed E-state index contributed by atoms with van der Waals surface area (Å²) in [5.41, 5.74) is -0.219. The van der Waals surface area contributed by atoms with E-state index in [1.54, 1.807) is 6.20 Å². The number of rotatable bonds is 5. The van der Waals surface area contributed by atoms with Gasteiger partial charge < -0.3 is 9.53 Å². The summed E-state index contributed by atoms with van der Waals surface area (Å²) in [6.07, 6.45) is 1.58. The third-order valence-corrected chi connectivity index (χ3v) is 8.56. The molecule has 20 heavy (non-hydrogen) atoms. The van der Waals surface area contributed by atoms with Gasteiger partial charge in [-0.1, -0.05) is 26.8 Å². The molecule has 0 saturated heterocycles. The molecule has 0 aliphatic heterocycles. The Kier molecular flexibility index (Phi) is 4.76. The summed E-state index contributed by atoms with van der Waals surface area (Å²) in [4.78, 5) is 15.5. The van der Waals surface area contributed by atoms with E-state index in [4.69, 9.17) is 4.43 Å². The smallest absolute Gasteiger partial charge is 0.306 e. The number of nitrogens with zero attached hydrogens (tertiary/aromatic N) is 1. The van der Waals surface area contributed by atoms with Gasteiger partial charge in [-0.2, -0.15) is 0 Å². The third kappa shape index (κ3) is 3.90. The van der Waals surface area contributed by atoms with Gasteiger partial charge in [0.1, 0.15) is 5.60 Å². The van der Waals surface area contributed by atoms with Gasteiger partial charge in [0, 0.05) is 6.20 Å². The molecule has 0 spiro atoms. The minimum absolute atomic E-state index is 0.0154. The van der Waals surface area contributed by atoms with Crippen LogP contribution in [-0.4, -0.2) is 24.4 Å². The van der Waals surface area contributed by atoms with E-state index in [0.29, 0.717) is 5.69 Å². The van der Waals surface area contributed by atoms with Crippen molar-refractivity contribution in [3.63, 3.8) is 0 Å². The Bertz CT molecular complexity index is 468. The lowest BCUT2D eigenvalue weighted by Crippen LogP contribution is -2.48. The Hall–Kier alpha value is -1.20. The van der Waals surface area contributed by atoms with Gasteiger partial charge in [-0.05, 0) is 37.2 Å². The molecule has 1 heterocycles. The summed E-state index contributed by atoms with van der Waals surface area (Å²) < 4.78 is 6.38. The van der Waals surface area contributed by atoms with Crippen molar-refractivity contribution in [1.82, 2.24) is 4.98 Å². The molecule has 1 rings (SSSR count). The Balaban J connectivity index is 3.17. The second-order valence-electron chi connectivity index (χ2n) is 6.88. The highest BCUT2D eigenvalue weighted by Gasteiger charge is 2.45. The second kappa shape index (κ2) is 5.66. The largest absolute Gasteiger partial charge is 0.481 e. The first-order valence-corrected chi connectivity index (χ1v) is 9.72. The van der Waals surface area contributed by atoms with Crippen molar-refractivity contribution in [3.8, 4) is 0 Å². The lowest BCUT2D eigenvalue weighted by molar-refractivity contribution is -0.141. The molecule has 1 aromatic rings. The Morgan fingerprint density at radius 1 is 1.30 bits per heavy atom. The molecule has 0 fully saturated rings. The van der Waals surface area contributed by atoms with E-state index in [2.05, 4.69) is 38.8 Å². The number of carbonyl (C=O) groups is 1.